The molecular weight excluding hydrogens is 204 g/mol. The van der Waals surface area contributed by atoms with Crippen LogP contribution in [0.5, 0.6) is 0 Å². The molecule has 0 fully saturated rings. The SMILES string of the molecule is CC(C)C(=O)NCCNCC1CCC=CO1. The number of amides is 1. The van der Waals surface area contributed by atoms with E-state index < -0.39 is 0 Å². The Bertz CT molecular complexity index is 239. The fraction of sp³-hybridized carbons (Fsp3) is 0.750. The molecule has 1 atom stereocenters. The summed E-state index contributed by atoms with van der Waals surface area (Å²) in [5.74, 6) is 0.172. The first-order valence-corrected chi connectivity index (χ1v) is 5.99. The lowest BCUT2D eigenvalue weighted by Gasteiger charge is -2.19. The average molecular weight is 226 g/mol. The van der Waals surface area contributed by atoms with Gasteiger partial charge in [-0.1, -0.05) is 13.8 Å². The molecule has 2 N–H and O–H groups in total. The van der Waals surface area contributed by atoms with Crippen molar-refractivity contribution < 1.29 is 9.53 Å². The molecule has 0 aromatic carbocycles. The van der Waals surface area contributed by atoms with Crippen molar-refractivity contribution in [2.45, 2.75) is 32.8 Å². The minimum absolute atomic E-state index is 0.0619. The first-order chi connectivity index (χ1) is 7.70. The summed E-state index contributed by atoms with van der Waals surface area (Å²) in [4.78, 5) is 11.2. The smallest absolute Gasteiger partial charge is 0.222 e. The van der Waals surface area contributed by atoms with E-state index in [0.717, 1.165) is 25.9 Å². The molecule has 4 nitrogen and oxygen atoms in total. The quantitative estimate of drug-likeness (QED) is 0.665. The Morgan fingerprint density at radius 2 is 2.31 bits per heavy atom. The van der Waals surface area contributed by atoms with Crippen molar-refractivity contribution in [1.82, 2.24) is 10.6 Å². The lowest BCUT2D eigenvalue weighted by Crippen LogP contribution is -2.37. The van der Waals surface area contributed by atoms with Crippen LogP contribution in [0.2, 0.25) is 0 Å². The van der Waals surface area contributed by atoms with Crippen molar-refractivity contribution in [3.05, 3.63) is 12.3 Å². The van der Waals surface area contributed by atoms with Crippen LogP contribution in [0, 0.1) is 5.92 Å². The molecule has 0 aromatic heterocycles. The van der Waals surface area contributed by atoms with Gasteiger partial charge in [0.05, 0.1) is 6.26 Å². The highest BCUT2D eigenvalue weighted by Gasteiger charge is 2.10. The van der Waals surface area contributed by atoms with E-state index in [-0.39, 0.29) is 17.9 Å². The number of hydrogen-bond acceptors (Lipinski definition) is 3. The highest BCUT2D eigenvalue weighted by atomic mass is 16.5. The van der Waals surface area contributed by atoms with Crippen LogP contribution in [0.25, 0.3) is 0 Å². The topological polar surface area (TPSA) is 50.4 Å². The van der Waals surface area contributed by atoms with Gasteiger partial charge in [0.1, 0.15) is 6.10 Å². The predicted molar refractivity (Wildman–Crippen MR) is 64.0 cm³/mol. The van der Waals surface area contributed by atoms with Gasteiger partial charge in [-0.15, -0.1) is 0 Å². The van der Waals surface area contributed by atoms with Crippen LogP contribution in [-0.2, 0) is 9.53 Å². The number of carbonyl (C=O) groups excluding carboxylic acids is 1. The Morgan fingerprint density at radius 3 is 2.94 bits per heavy atom. The third-order valence-electron chi connectivity index (χ3n) is 2.52. The summed E-state index contributed by atoms with van der Waals surface area (Å²) in [6, 6.07) is 0. The van der Waals surface area contributed by atoms with E-state index >= 15 is 0 Å². The van der Waals surface area contributed by atoms with Gasteiger partial charge in [0.2, 0.25) is 5.91 Å². The second-order valence-corrected chi connectivity index (χ2v) is 4.36. The number of ether oxygens (including phenoxy) is 1. The summed E-state index contributed by atoms with van der Waals surface area (Å²) < 4.78 is 5.41. The summed E-state index contributed by atoms with van der Waals surface area (Å²) in [6.07, 6.45) is 6.26. The zero-order valence-corrected chi connectivity index (χ0v) is 10.2. The van der Waals surface area contributed by atoms with Gasteiger partial charge in [0.25, 0.3) is 0 Å². The van der Waals surface area contributed by atoms with Crippen LogP contribution in [0.15, 0.2) is 12.3 Å². The first-order valence-electron chi connectivity index (χ1n) is 5.99. The zero-order chi connectivity index (χ0) is 11.8. The number of allylic oxidation sites excluding steroid dienone is 1. The van der Waals surface area contributed by atoms with E-state index in [1.165, 1.54) is 0 Å². The van der Waals surface area contributed by atoms with Crippen LogP contribution in [0.4, 0.5) is 0 Å². The Hall–Kier alpha value is -1.03. The van der Waals surface area contributed by atoms with Gasteiger partial charge in [0, 0.05) is 25.6 Å². The van der Waals surface area contributed by atoms with Crippen LogP contribution in [0.1, 0.15) is 26.7 Å². The lowest BCUT2D eigenvalue weighted by atomic mass is 10.1. The molecule has 1 rings (SSSR count). The minimum Gasteiger partial charge on any atom is -0.497 e. The van der Waals surface area contributed by atoms with E-state index in [2.05, 4.69) is 10.6 Å². The first kappa shape index (κ1) is 13.0. The van der Waals surface area contributed by atoms with Crippen molar-refractivity contribution >= 4 is 5.91 Å². The second kappa shape index (κ2) is 7.28. The number of hydrogen-bond donors (Lipinski definition) is 2. The highest BCUT2D eigenvalue weighted by Crippen LogP contribution is 2.08. The van der Waals surface area contributed by atoms with Crippen LogP contribution in [0.3, 0.4) is 0 Å². The maximum Gasteiger partial charge on any atom is 0.222 e. The maximum atomic E-state index is 11.2. The third kappa shape index (κ3) is 5.16. The van der Waals surface area contributed by atoms with Crippen LogP contribution in [-0.4, -0.2) is 31.6 Å². The summed E-state index contributed by atoms with van der Waals surface area (Å²) in [5, 5.41) is 6.14. The average Bonchev–Trinajstić information content (AvgIpc) is 2.29. The number of nitrogens with one attached hydrogen (secondary N) is 2. The molecule has 0 saturated heterocycles. The molecule has 0 aromatic rings. The molecule has 1 amide bonds. The standard InChI is InChI=1S/C12H22N2O2/c1-10(2)12(15)14-7-6-13-9-11-5-3-4-8-16-11/h4,8,10-11,13H,3,5-7,9H2,1-2H3,(H,14,15). The normalized spacial score (nSPS) is 19.6. The van der Waals surface area contributed by atoms with Gasteiger partial charge in [-0.3, -0.25) is 4.79 Å². The van der Waals surface area contributed by atoms with E-state index in [1.54, 1.807) is 6.26 Å². The molecule has 1 unspecified atom stereocenters. The molecule has 16 heavy (non-hydrogen) atoms. The van der Waals surface area contributed by atoms with E-state index in [0.29, 0.717) is 6.54 Å². The molecule has 92 valence electrons. The fourth-order valence-corrected chi connectivity index (χ4v) is 1.48. The molecule has 0 radical (unpaired) electrons. The van der Waals surface area contributed by atoms with Crippen LogP contribution >= 0.6 is 0 Å². The molecule has 1 aliphatic rings. The molecular formula is C12H22N2O2. The molecule has 0 bridgehead atoms. The summed E-state index contributed by atoms with van der Waals surface area (Å²) in [7, 11) is 0. The molecule has 1 heterocycles. The monoisotopic (exact) mass is 226 g/mol. The van der Waals surface area contributed by atoms with Crippen molar-refractivity contribution in [3.63, 3.8) is 0 Å². The predicted octanol–water partition coefficient (Wildman–Crippen LogP) is 1.04. The van der Waals surface area contributed by atoms with Gasteiger partial charge in [0.15, 0.2) is 0 Å². The lowest BCUT2D eigenvalue weighted by molar-refractivity contribution is -0.123. The third-order valence-corrected chi connectivity index (χ3v) is 2.52. The fourth-order valence-electron chi connectivity index (χ4n) is 1.48. The molecule has 1 aliphatic heterocycles. The summed E-state index contributed by atoms with van der Waals surface area (Å²) >= 11 is 0. The van der Waals surface area contributed by atoms with Gasteiger partial charge < -0.3 is 15.4 Å². The van der Waals surface area contributed by atoms with Gasteiger partial charge in [-0.05, 0) is 18.9 Å². The highest BCUT2D eigenvalue weighted by molar-refractivity contribution is 5.77. The van der Waals surface area contributed by atoms with Gasteiger partial charge >= 0.3 is 0 Å². The number of rotatable bonds is 6. The maximum absolute atomic E-state index is 11.2. The molecule has 0 spiro atoms. The van der Waals surface area contributed by atoms with Crippen molar-refractivity contribution in [2.75, 3.05) is 19.6 Å². The number of carbonyl (C=O) groups is 1. The van der Waals surface area contributed by atoms with Gasteiger partial charge in [-0.25, -0.2) is 0 Å². The van der Waals surface area contributed by atoms with Crippen LogP contribution < -0.4 is 10.6 Å². The minimum atomic E-state index is 0.0619. The van der Waals surface area contributed by atoms with Crippen molar-refractivity contribution in [3.8, 4) is 0 Å². The Labute approximate surface area is 97.4 Å². The zero-order valence-electron chi connectivity index (χ0n) is 10.2. The summed E-state index contributed by atoms with van der Waals surface area (Å²) in [5.41, 5.74) is 0. The molecule has 0 saturated carbocycles. The molecule has 0 aliphatic carbocycles. The van der Waals surface area contributed by atoms with E-state index in [9.17, 15) is 4.79 Å². The Balaban J connectivity index is 1.95. The second-order valence-electron chi connectivity index (χ2n) is 4.36. The largest absolute Gasteiger partial charge is 0.497 e. The Morgan fingerprint density at radius 1 is 1.50 bits per heavy atom. The van der Waals surface area contributed by atoms with Gasteiger partial charge in [-0.2, -0.15) is 0 Å². The molecule has 4 heteroatoms. The Kier molecular flexibility index (Phi) is 5.93. The van der Waals surface area contributed by atoms with E-state index in [4.69, 9.17) is 4.74 Å². The summed E-state index contributed by atoms with van der Waals surface area (Å²) in [6.45, 7) is 6.11. The van der Waals surface area contributed by atoms with E-state index in [1.807, 2.05) is 19.9 Å². The van der Waals surface area contributed by atoms with Crippen molar-refractivity contribution in [2.24, 2.45) is 5.92 Å². The van der Waals surface area contributed by atoms with Crippen molar-refractivity contribution in [1.29, 1.82) is 0 Å².